The summed E-state index contributed by atoms with van der Waals surface area (Å²) < 4.78 is 0. The van der Waals surface area contributed by atoms with Crippen molar-refractivity contribution in [2.75, 3.05) is 6.61 Å². The lowest BCUT2D eigenvalue weighted by Gasteiger charge is -2.44. The third kappa shape index (κ3) is 4.79. The number of halogens is 1. The minimum Gasteiger partial charge on any atom is -0.481 e. The smallest absolute Gasteiger partial charge is 0.308 e. The van der Waals surface area contributed by atoms with Gasteiger partial charge in [-0.15, -0.1) is 0 Å². The van der Waals surface area contributed by atoms with Crippen LogP contribution in [0, 0.1) is 23.2 Å². The molecule has 1 aromatic carbocycles. The average Bonchev–Trinajstić information content (AvgIpc) is 2.47. The number of benzene rings is 1. The van der Waals surface area contributed by atoms with Crippen LogP contribution in [0.1, 0.15) is 58.1 Å². The Morgan fingerprint density at radius 2 is 1.92 bits per heavy atom. The predicted octanol–water partition coefficient (Wildman–Crippen LogP) is 4.21. The molecule has 0 spiro atoms. The van der Waals surface area contributed by atoms with Crippen molar-refractivity contribution < 1.29 is 15.0 Å². The number of hydrogen-bond acceptors (Lipinski definition) is 3. The number of rotatable bonds is 7. The number of hydrogen-bond donors (Lipinski definition) is 3. The molecule has 0 heterocycles. The van der Waals surface area contributed by atoms with Crippen molar-refractivity contribution in [3.05, 3.63) is 34.3 Å². The van der Waals surface area contributed by atoms with Crippen LogP contribution in [0.5, 0.6) is 0 Å². The molecule has 26 heavy (non-hydrogen) atoms. The van der Waals surface area contributed by atoms with Gasteiger partial charge in [-0.2, -0.15) is 0 Å². The van der Waals surface area contributed by atoms with Crippen LogP contribution in [0.25, 0.3) is 0 Å². The second-order valence-electron chi connectivity index (χ2n) is 9.25. The van der Waals surface area contributed by atoms with E-state index in [1.54, 1.807) is 6.92 Å². The zero-order valence-corrected chi connectivity index (χ0v) is 17.0. The second kappa shape index (κ2) is 7.87. The van der Waals surface area contributed by atoms with Gasteiger partial charge in [0.1, 0.15) is 0 Å². The summed E-state index contributed by atoms with van der Waals surface area (Å²) in [6.45, 7) is 8.48. The maximum absolute atomic E-state index is 11.9. The molecule has 1 aromatic rings. The summed E-state index contributed by atoms with van der Waals surface area (Å²) in [6.07, 6.45) is 3.32. The molecule has 5 heteroatoms. The number of carbonyl (C=O) groups is 1. The van der Waals surface area contributed by atoms with Crippen LogP contribution in [0.3, 0.4) is 0 Å². The van der Waals surface area contributed by atoms with Crippen molar-refractivity contribution in [2.24, 2.45) is 28.9 Å². The van der Waals surface area contributed by atoms with Gasteiger partial charge in [0, 0.05) is 11.6 Å². The fourth-order valence-electron chi connectivity index (χ4n) is 3.93. The molecule has 4 N–H and O–H groups in total. The van der Waals surface area contributed by atoms with Crippen molar-refractivity contribution in [1.82, 2.24) is 0 Å². The molecule has 146 valence electrons. The molecule has 0 aromatic heterocycles. The lowest BCUT2D eigenvalue weighted by atomic mass is 9.62. The monoisotopic (exact) mass is 381 g/mol. The molecule has 1 aliphatic rings. The van der Waals surface area contributed by atoms with Gasteiger partial charge in [0.05, 0.1) is 11.5 Å². The third-order valence-electron chi connectivity index (χ3n) is 5.73. The summed E-state index contributed by atoms with van der Waals surface area (Å²) in [6, 6.07) is 5.73. The summed E-state index contributed by atoms with van der Waals surface area (Å²) in [7, 11) is 0. The van der Waals surface area contributed by atoms with Gasteiger partial charge < -0.3 is 15.9 Å². The Kier molecular flexibility index (Phi) is 6.42. The Labute approximate surface area is 161 Å². The van der Waals surface area contributed by atoms with E-state index < -0.39 is 17.4 Å². The highest BCUT2D eigenvalue weighted by Gasteiger charge is 2.47. The first-order chi connectivity index (χ1) is 12.0. The fraction of sp³-hybridized carbons (Fsp3) is 0.667. The van der Waals surface area contributed by atoms with E-state index >= 15 is 0 Å². The van der Waals surface area contributed by atoms with E-state index in [4.69, 9.17) is 17.3 Å². The van der Waals surface area contributed by atoms with Crippen LogP contribution in [0.15, 0.2) is 18.2 Å². The number of aliphatic carboxylic acids is 1. The highest BCUT2D eigenvalue weighted by atomic mass is 35.5. The summed E-state index contributed by atoms with van der Waals surface area (Å²) in [5.74, 6) is -1.40. The first-order valence-electron chi connectivity index (χ1n) is 9.37. The quantitative estimate of drug-likeness (QED) is 0.660. The number of nitrogens with two attached hydrogens (primary N) is 1. The highest BCUT2D eigenvalue weighted by Crippen LogP contribution is 2.45. The molecule has 1 fully saturated rings. The Morgan fingerprint density at radius 3 is 2.38 bits per heavy atom. The predicted molar refractivity (Wildman–Crippen MR) is 105 cm³/mol. The summed E-state index contributed by atoms with van der Waals surface area (Å²) in [5, 5.41) is 19.7. The molecule has 1 aliphatic carbocycles. The second-order valence-corrected chi connectivity index (χ2v) is 9.65. The Bertz CT molecular complexity index is 645. The maximum atomic E-state index is 11.9. The normalized spacial score (nSPS) is 23.8. The van der Waals surface area contributed by atoms with Crippen LogP contribution in [0.2, 0.25) is 5.02 Å². The van der Waals surface area contributed by atoms with E-state index in [1.165, 1.54) is 0 Å². The van der Waals surface area contributed by atoms with Crippen LogP contribution in [0.4, 0.5) is 0 Å². The van der Waals surface area contributed by atoms with E-state index in [1.807, 2.05) is 18.2 Å². The van der Waals surface area contributed by atoms with Gasteiger partial charge in [-0.05, 0) is 67.1 Å². The van der Waals surface area contributed by atoms with E-state index in [-0.39, 0.29) is 23.9 Å². The van der Waals surface area contributed by atoms with E-state index in [9.17, 15) is 15.0 Å². The van der Waals surface area contributed by atoms with E-state index in [2.05, 4.69) is 20.8 Å². The van der Waals surface area contributed by atoms with E-state index in [0.29, 0.717) is 17.9 Å². The van der Waals surface area contributed by atoms with Gasteiger partial charge in [0.15, 0.2) is 0 Å². The zero-order chi connectivity index (χ0) is 19.7. The molecule has 0 saturated heterocycles. The first kappa shape index (κ1) is 21.2. The van der Waals surface area contributed by atoms with Crippen molar-refractivity contribution in [3.8, 4) is 0 Å². The first-order valence-corrected chi connectivity index (χ1v) is 9.75. The van der Waals surface area contributed by atoms with Crippen LogP contribution in [-0.2, 0) is 16.8 Å². The Balaban J connectivity index is 2.21. The lowest BCUT2D eigenvalue weighted by molar-refractivity contribution is -0.149. The molecule has 2 rings (SSSR count). The molecule has 4 nitrogen and oxygen atoms in total. The fourth-order valence-corrected chi connectivity index (χ4v) is 4.21. The molecule has 0 aliphatic heterocycles. The standard InChI is InChI=1S/C21H32ClNO3/c1-20(2,3)8-7-14-5-6-16(11-17(14)22)21(4,23)18(19(25)26)15-9-13(10-15)12-24/h5-6,11,13,15,18,24H,7-10,12,23H2,1-4H3,(H,25,26)/t13?,15?,18-,21?/m0/s1. The molecule has 0 bridgehead atoms. The van der Waals surface area contributed by atoms with Crippen LogP contribution in [-0.4, -0.2) is 22.8 Å². The van der Waals surface area contributed by atoms with Gasteiger partial charge in [-0.25, -0.2) is 0 Å². The molecule has 1 unspecified atom stereocenters. The molecule has 0 radical (unpaired) electrons. The van der Waals surface area contributed by atoms with Gasteiger partial charge >= 0.3 is 5.97 Å². The van der Waals surface area contributed by atoms with Gasteiger partial charge in [0.25, 0.3) is 0 Å². The molecule has 0 amide bonds. The van der Waals surface area contributed by atoms with Gasteiger partial charge in [-0.3, -0.25) is 4.79 Å². The number of carboxylic acid groups (broad SMARTS) is 1. The largest absolute Gasteiger partial charge is 0.481 e. The van der Waals surface area contributed by atoms with Crippen molar-refractivity contribution >= 4 is 17.6 Å². The topological polar surface area (TPSA) is 83.6 Å². The number of carboxylic acids is 1. The third-order valence-corrected chi connectivity index (χ3v) is 6.09. The number of aliphatic hydroxyl groups excluding tert-OH is 1. The molecule has 1 saturated carbocycles. The maximum Gasteiger partial charge on any atom is 0.308 e. The molecule has 2 atom stereocenters. The highest BCUT2D eigenvalue weighted by molar-refractivity contribution is 6.31. The van der Waals surface area contributed by atoms with E-state index in [0.717, 1.165) is 24.0 Å². The molecular formula is C21H32ClNO3. The zero-order valence-electron chi connectivity index (χ0n) is 16.3. The lowest BCUT2D eigenvalue weighted by Crippen LogP contribution is -2.52. The summed E-state index contributed by atoms with van der Waals surface area (Å²) in [5.41, 5.74) is 7.58. The van der Waals surface area contributed by atoms with Gasteiger partial charge in [-0.1, -0.05) is 44.5 Å². The Hall–Kier alpha value is -1.10. The summed E-state index contributed by atoms with van der Waals surface area (Å²) >= 11 is 6.49. The van der Waals surface area contributed by atoms with Crippen LogP contribution < -0.4 is 5.73 Å². The van der Waals surface area contributed by atoms with Crippen LogP contribution >= 0.6 is 11.6 Å². The SMILES string of the molecule is CC(C)(C)CCc1ccc(C(C)(N)[C@H](C(=O)O)C2CC(CO)C2)cc1Cl. The summed E-state index contributed by atoms with van der Waals surface area (Å²) in [4.78, 5) is 11.9. The van der Waals surface area contributed by atoms with Gasteiger partial charge in [0.2, 0.25) is 0 Å². The number of aliphatic hydroxyl groups is 1. The number of aryl methyl sites for hydroxylation is 1. The van der Waals surface area contributed by atoms with Crippen molar-refractivity contribution in [3.63, 3.8) is 0 Å². The minimum atomic E-state index is -1.01. The minimum absolute atomic E-state index is 0.0148. The van der Waals surface area contributed by atoms with Crippen molar-refractivity contribution in [2.45, 2.75) is 58.9 Å². The Morgan fingerprint density at radius 1 is 1.31 bits per heavy atom. The van der Waals surface area contributed by atoms with Crippen molar-refractivity contribution in [1.29, 1.82) is 0 Å². The average molecular weight is 382 g/mol. The molecular weight excluding hydrogens is 350 g/mol.